The number of rotatable bonds is 4. The van der Waals surface area contributed by atoms with Crippen molar-refractivity contribution in [3.63, 3.8) is 0 Å². The number of carbonyl (C=O) groups excluding carboxylic acids is 1. The summed E-state index contributed by atoms with van der Waals surface area (Å²) in [4.78, 5) is 24.3. The molecule has 0 bridgehead atoms. The molecule has 1 amide bonds. The molecule has 0 unspecified atom stereocenters. The summed E-state index contributed by atoms with van der Waals surface area (Å²) in [6, 6.07) is 4.78. The maximum Gasteiger partial charge on any atom is 0.329 e. The van der Waals surface area contributed by atoms with Gasteiger partial charge in [-0.05, 0) is 63.1 Å². The monoisotopic (exact) mass is 357 g/mol. The number of aromatic nitrogens is 2. The van der Waals surface area contributed by atoms with Crippen molar-refractivity contribution in [2.75, 3.05) is 0 Å². The van der Waals surface area contributed by atoms with Crippen LogP contribution >= 0.6 is 0 Å². The van der Waals surface area contributed by atoms with Gasteiger partial charge in [-0.15, -0.1) is 0 Å². The standard InChI is InChI=1S/C19H20FN3O3/c1-11-6-7-13(20)15(10-11)23-14-5-2-4-12(14)16(22-23)17(24)21-19(18(25)26)8-3-9-19/h6-7,10H,2-5,8-9H2,1H3,(H,21,24)(H,25,26). The Labute approximate surface area is 150 Å². The van der Waals surface area contributed by atoms with Crippen LogP contribution in [0.1, 0.15) is 53.0 Å². The van der Waals surface area contributed by atoms with Crippen molar-refractivity contribution in [2.45, 2.75) is 51.0 Å². The second kappa shape index (κ2) is 5.93. The number of nitrogens with zero attached hydrogens (tertiary/aromatic N) is 2. The third-order valence-corrected chi connectivity index (χ3v) is 5.44. The minimum absolute atomic E-state index is 0.214. The third kappa shape index (κ3) is 2.50. The Hall–Kier alpha value is -2.70. The summed E-state index contributed by atoms with van der Waals surface area (Å²) < 4.78 is 15.8. The van der Waals surface area contributed by atoms with Crippen molar-refractivity contribution in [3.05, 3.63) is 46.5 Å². The minimum Gasteiger partial charge on any atom is -0.480 e. The van der Waals surface area contributed by atoms with E-state index in [0.29, 0.717) is 31.4 Å². The van der Waals surface area contributed by atoms with E-state index in [1.807, 2.05) is 6.92 Å². The highest BCUT2D eigenvalue weighted by atomic mass is 19.1. The number of fused-ring (bicyclic) bond motifs is 1. The highest BCUT2D eigenvalue weighted by Gasteiger charge is 2.46. The number of aliphatic carboxylic acids is 1. The molecule has 6 nitrogen and oxygen atoms in total. The predicted octanol–water partition coefficient (Wildman–Crippen LogP) is 2.55. The molecule has 136 valence electrons. The predicted molar refractivity (Wildman–Crippen MR) is 92.0 cm³/mol. The zero-order chi connectivity index (χ0) is 18.5. The molecule has 0 saturated heterocycles. The van der Waals surface area contributed by atoms with Crippen LogP contribution < -0.4 is 5.32 Å². The maximum atomic E-state index is 14.3. The number of carboxylic acid groups (broad SMARTS) is 1. The summed E-state index contributed by atoms with van der Waals surface area (Å²) in [5.74, 6) is -1.91. The number of nitrogens with one attached hydrogen (secondary N) is 1. The van der Waals surface area contributed by atoms with Gasteiger partial charge in [0, 0.05) is 11.3 Å². The van der Waals surface area contributed by atoms with E-state index in [-0.39, 0.29) is 5.69 Å². The first-order valence-electron chi connectivity index (χ1n) is 8.84. The number of halogens is 1. The third-order valence-electron chi connectivity index (χ3n) is 5.44. The van der Waals surface area contributed by atoms with Gasteiger partial charge in [-0.2, -0.15) is 5.10 Å². The summed E-state index contributed by atoms with van der Waals surface area (Å²) in [6.45, 7) is 1.87. The van der Waals surface area contributed by atoms with Gasteiger partial charge in [0.1, 0.15) is 17.0 Å². The maximum absolute atomic E-state index is 14.3. The fourth-order valence-corrected chi connectivity index (χ4v) is 3.80. The van der Waals surface area contributed by atoms with Gasteiger partial charge in [0.05, 0.1) is 0 Å². The lowest BCUT2D eigenvalue weighted by molar-refractivity contribution is -0.148. The quantitative estimate of drug-likeness (QED) is 0.881. The van der Waals surface area contributed by atoms with Crippen LogP contribution in [0.25, 0.3) is 5.69 Å². The van der Waals surface area contributed by atoms with Crippen molar-refractivity contribution in [3.8, 4) is 5.69 Å². The van der Waals surface area contributed by atoms with E-state index >= 15 is 0 Å². The normalized spacial score (nSPS) is 17.5. The first kappa shape index (κ1) is 16.8. The number of benzene rings is 1. The molecule has 0 atom stereocenters. The van der Waals surface area contributed by atoms with Gasteiger partial charge in [0.2, 0.25) is 0 Å². The molecule has 26 heavy (non-hydrogen) atoms. The molecular weight excluding hydrogens is 337 g/mol. The first-order valence-corrected chi connectivity index (χ1v) is 8.84. The van der Waals surface area contributed by atoms with E-state index in [2.05, 4.69) is 10.4 Å². The molecule has 2 aliphatic rings. The number of carboxylic acids is 1. The highest BCUT2D eigenvalue weighted by Crippen LogP contribution is 2.34. The number of hydrogen-bond acceptors (Lipinski definition) is 3. The number of hydrogen-bond donors (Lipinski definition) is 2. The first-order chi connectivity index (χ1) is 12.4. The molecule has 0 spiro atoms. The molecule has 1 aromatic heterocycles. The summed E-state index contributed by atoms with van der Waals surface area (Å²) in [5.41, 5.74) is 1.86. The lowest BCUT2D eigenvalue weighted by Gasteiger charge is -2.38. The number of carbonyl (C=O) groups is 2. The molecule has 7 heteroatoms. The van der Waals surface area contributed by atoms with Gasteiger partial charge in [0.15, 0.2) is 5.69 Å². The Morgan fingerprint density at radius 1 is 1.27 bits per heavy atom. The van der Waals surface area contributed by atoms with Gasteiger partial charge < -0.3 is 10.4 Å². The molecule has 1 saturated carbocycles. The molecule has 0 radical (unpaired) electrons. The SMILES string of the molecule is Cc1ccc(F)c(-n2nc(C(=O)NC3(C(=O)O)CCC3)c3c2CCC3)c1. The van der Waals surface area contributed by atoms with E-state index in [9.17, 15) is 19.1 Å². The molecule has 1 aromatic carbocycles. The Morgan fingerprint density at radius 2 is 2.04 bits per heavy atom. The fourth-order valence-electron chi connectivity index (χ4n) is 3.80. The van der Waals surface area contributed by atoms with Crippen LogP contribution in [0, 0.1) is 12.7 Å². The molecular formula is C19H20FN3O3. The van der Waals surface area contributed by atoms with Crippen LogP contribution in [-0.4, -0.2) is 32.3 Å². The molecule has 0 aliphatic heterocycles. The average Bonchev–Trinajstić information content (AvgIpc) is 3.15. The molecule has 1 heterocycles. The molecule has 2 aliphatic carbocycles. The topological polar surface area (TPSA) is 84.2 Å². The molecule has 4 rings (SSSR count). The van der Waals surface area contributed by atoms with E-state index in [0.717, 1.165) is 29.7 Å². The van der Waals surface area contributed by atoms with E-state index in [1.54, 1.807) is 12.1 Å². The second-order valence-electron chi connectivity index (χ2n) is 7.19. The summed E-state index contributed by atoms with van der Waals surface area (Å²) in [5, 5.41) is 16.5. The zero-order valence-corrected chi connectivity index (χ0v) is 14.5. The summed E-state index contributed by atoms with van der Waals surface area (Å²) in [6.07, 6.45) is 3.88. The van der Waals surface area contributed by atoms with Crippen molar-refractivity contribution in [2.24, 2.45) is 0 Å². The lowest BCUT2D eigenvalue weighted by Crippen LogP contribution is -2.59. The molecule has 2 N–H and O–H groups in total. The van der Waals surface area contributed by atoms with Gasteiger partial charge in [-0.3, -0.25) is 4.79 Å². The summed E-state index contributed by atoms with van der Waals surface area (Å²) >= 11 is 0. The fraction of sp³-hybridized carbons (Fsp3) is 0.421. The Bertz CT molecular complexity index is 915. The Morgan fingerprint density at radius 3 is 2.69 bits per heavy atom. The van der Waals surface area contributed by atoms with Crippen LogP contribution in [0.4, 0.5) is 4.39 Å². The van der Waals surface area contributed by atoms with Crippen LogP contribution in [0.2, 0.25) is 0 Å². The van der Waals surface area contributed by atoms with Gasteiger partial charge in [0.25, 0.3) is 5.91 Å². The number of amides is 1. The van der Waals surface area contributed by atoms with Crippen molar-refractivity contribution in [1.82, 2.24) is 15.1 Å². The molecule has 1 fully saturated rings. The van der Waals surface area contributed by atoms with Crippen molar-refractivity contribution in [1.29, 1.82) is 0 Å². The minimum atomic E-state index is -1.19. The molecule has 2 aromatic rings. The van der Waals surface area contributed by atoms with Crippen molar-refractivity contribution < 1.29 is 19.1 Å². The Kier molecular flexibility index (Phi) is 3.82. The Balaban J connectivity index is 1.74. The van der Waals surface area contributed by atoms with Gasteiger partial charge >= 0.3 is 5.97 Å². The van der Waals surface area contributed by atoms with Crippen LogP contribution in [-0.2, 0) is 17.6 Å². The second-order valence-corrected chi connectivity index (χ2v) is 7.19. The average molecular weight is 357 g/mol. The highest BCUT2D eigenvalue weighted by molar-refractivity contribution is 5.98. The van der Waals surface area contributed by atoms with Gasteiger partial charge in [-0.1, -0.05) is 6.07 Å². The summed E-state index contributed by atoms with van der Waals surface area (Å²) in [7, 11) is 0. The van der Waals surface area contributed by atoms with E-state index < -0.39 is 23.2 Å². The van der Waals surface area contributed by atoms with E-state index in [4.69, 9.17) is 0 Å². The number of aryl methyl sites for hydroxylation is 1. The van der Waals surface area contributed by atoms with E-state index in [1.165, 1.54) is 10.7 Å². The van der Waals surface area contributed by atoms with Gasteiger partial charge in [-0.25, -0.2) is 13.9 Å². The lowest BCUT2D eigenvalue weighted by atomic mass is 9.76. The smallest absolute Gasteiger partial charge is 0.329 e. The largest absolute Gasteiger partial charge is 0.480 e. The zero-order valence-electron chi connectivity index (χ0n) is 14.5. The van der Waals surface area contributed by atoms with Crippen LogP contribution in [0.5, 0.6) is 0 Å². The van der Waals surface area contributed by atoms with Crippen molar-refractivity contribution >= 4 is 11.9 Å². The van der Waals surface area contributed by atoms with Crippen LogP contribution in [0.3, 0.4) is 0 Å². The van der Waals surface area contributed by atoms with Crippen LogP contribution in [0.15, 0.2) is 18.2 Å².